The number of carbonyl (C=O) groups is 1. The highest BCUT2D eigenvalue weighted by Crippen LogP contribution is 2.40. The van der Waals surface area contributed by atoms with Crippen molar-refractivity contribution in [2.75, 3.05) is 29.9 Å². The van der Waals surface area contributed by atoms with Crippen LogP contribution in [0.2, 0.25) is 0 Å². The standard InChI is InChI=1S/C24H29N5OS/c1-15-18(14-29-9-11-31-12-10-29)5-4-6-20(15)26-24(30)19-13-21(17-7-8-17)25-23-22(19)16(2)27-28(23)3/h4-6,13,17H,7-12,14H2,1-3H3,(H,26,30). The summed E-state index contributed by atoms with van der Waals surface area (Å²) in [6, 6.07) is 8.20. The van der Waals surface area contributed by atoms with Crippen molar-refractivity contribution in [1.82, 2.24) is 19.7 Å². The Bertz CT molecular complexity index is 1140. The number of amides is 1. The fraction of sp³-hybridized carbons (Fsp3) is 0.458. The van der Waals surface area contributed by atoms with Crippen LogP contribution in [0, 0.1) is 13.8 Å². The van der Waals surface area contributed by atoms with Crippen LogP contribution in [-0.4, -0.2) is 50.2 Å². The van der Waals surface area contributed by atoms with E-state index in [9.17, 15) is 4.79 Å². The van der Waals surface area contributed by atoms with Crippen LogP contribution in [0.15, 0.2) is 24.3 Å². The molecule has 1 saturated carbocycles. The molecule has 0 atom stereocenters. The molecule has 1 aliphatic heterocycles. The Labute approximate surface area is 187 Å². The first-order chi connectivity index (χ1) is 15.0. The molecule has 3 aromatic rings. The third-order valence-corrected chi connectivity index (χ3v) is 7.36. The second-order valence-corrected chi connectivity index (χ2v) is 9.93. The second kappa shape index (κ2) is 8.28. The summed E-state index contributed by atoms with van der Waals surface area (Å²) in [4.78, 5) is 20.8. The van der Waals surface area contributed by atoms with E-state index in [-0.39, 0.29) is 5.91 Å². The average molecular weight is 436 g/mol. The summed E-state index contributed by atoms with van der Waals surface area (Å²) in [6.07, 6.45) is 2.29. The lowest BCUT2D eigenvalue weighted by Gasteiger charge is -2.27. The van der Waals surface area contributed by atoms with Gasteiger partial charge in [-0.25, -0.2) is 4.98 Å². The molecular formula is C24H29N5OS. The minimum atomic E-state index is -0.0833. The largest absolute Gasteiger partial charge is 0.322 e. The third kappa shape index (κ3) is 4.08. The summed E-state index contributed by atoms with van der Waals surface area (Å²) in [5.74, 6) is 2.78. The van der Waals surface area contributed by atoms with Crippen LogP contribution >= 0.6 is 11.8 Å². The second-order valence-electron chi connectivity index (χ2n) is 8.71. The predicted molar refractivity (Wildman–Crippen MR) is 127 cm³/mol. The quantitative estimate of drug-likeness (QED) is 0.649. The number of hydrogen-bond donors (Lipinski definition) is 1. The zero-order chi connectivity index (χ0) is 21.5. The molecule has 0 bridgehead atoms. The van der Waals surface area contributed by atoms with Gasteiger partial charge in [-0.2, -0.15) is 16.9 Å². The molecule has 1 N–H and O–H groups in total. The number of hydrogen-bond acceptors (Lipinski definition) is 5. The first-order valence-electron chi connectivity index (χ1n) is 11.1. The molecule has 1 aromatic carbocycles. The fourth-order valence-corrected chi connectivity index (χ4v) is 5.39. The molecule has 0 unspecified atom stereocenters. The number of carbonyl (C=O) groups excluding carboxylic acids is 1. The smallest absolute Gasteiger partial charge is 0.256 e. The average Bonchev–Trinajstić information content (AvgIpc) is 3.57. The highest BCUT2D eigenvalue weighted by atomic mass is 32.2. The topological polar surface area (TPSA) is 63.1 Å². The third-order valence-electron chi connectivity index (χ3n) is 6.42. The molecule has 1 amide bonds. The molecule has 2 aliphatic rings. The van der Waals surface area contributed by atoms with Gasteiger partial charge in [0.2, 0.25) is 0 Å². The van der Waals surface area contributed by atoms with Gasteiger partial charge in [-0.3, -0.25) is 14.4 Å². The van der Waals surface area contributed by atoms with Crippen LogP contribution in [0.1, 0.15) is 51.6 Å². The molecular weight excluding hydrogens is 406 g/mol. The first-order valence-corrected chi connectivity index (χ1v) is 12.2. The molecule has 162 valence electrons. The molecule has 1 saturated heterocycles. The summed E-state index contributed by atoms with van der Waals surface area (Å²) in [5, 5.41) is 8.57. The van der Waals surface area contributed by atoms with Crippen molar-refractivity contribution in [3.05, 3.63) is 52.3 Å². The zero-order valence-electron chi connectivity index (χ0n) is 18.4. The summed E-state index contributed by atoms with van der Waals surface area (Å²) in [6.45, 7) is 7.24. The normalized spacial score (nSPS) is 17.3. The van der Waals surface area contributed by atoms with Crippen LogP contribution < -0.4 is 5.32 Å². The van der Waals surface area contributed by atoms with E-state index in [0.717, 1.165) is 66.1 Å². The van der Waals surface area contributed by atoms with Crippen molar-refractivity contribution in [3.8, 4) is 0 Å². The number of aromatic nitrogens is 3. The minimum Gasteiger partial charge on any atom is -0.322 e. The number of anilines is 1. The molecule has 0 spiro atoms. The monoisotopic (exact) mass is 435 g/mol. The summed E-state index contributed by atoms with van der Waals surface area (Å²) in [7, 11) is 1.90. The van der Waals surface area contributed by atoms with E-state index >= 15 is 0 Å². The van der Waals surface area contributed by atoms with E-state index < -0.39 is 0 Å². The van der Waals surface area contributed by atoms with Crippen molar-refractivity contribution in [1.29, 1.82) is 0 Å². The lowest BCUT2D eigenvalue weighted by Crippen LogP contribution is -2.32. The van der Waals surface area contributed by atoms with Gasteiger partial charge in [0.15, 0.2) is 5.65 Å². The number of nitrogens with zero attached hydrogens (tertiary/aromatic N) is 4. The summed E-state index contributed by atoms with van der Waals surface area (Å²) >= 11 is 2.02. The highest BCUT2D eigenvalue weighted by Gasteiger charge is 2.28. The van der Waals surface area contributed by atoms with Crippen LogP contribution in [0.4, 0.5) is 5.69 Å². The molecule has 3 heterocycles. The van der Waals surface area contributed by atoms with Gasteiger partial charge >= 0.3 is 0 Å². The van der Waals surface area contributed by atoms with E-state index in [1.54, 1.807) is 4.68 Å². The lowest BCUT2D eigenvalue weighted by molar-refractivity contribution is 0.102. The number of thioether (sulfide) groups is 1. The molecule has 0 radical (unpaired) electrons. The maximum atomic E-state index is 13.4. The Morgan fingerprint density at radius 3 is 2.74 bits per heavy atom. The molecule has 1 aliphatic carbocycles. The Hall–Kier alpha value is -2.38. The molecule has 5 rings (SSSR count). The molecule has 7 heteroatoms. The molecule has 6 nitrogen and oxygen atoms in total. The van der Waals surface area contributed by atoms with Gasteiger partial charge in [0, 0.05) is 55.5 Å². The van der Waals surface area contributed by atoms with Gasteiger partial charge in [-0.15, -0.1) is 0 Å². The number of fused-ring (bicyclic) bond motifs is 1. The van der Waals surface area contributed by atoms with Crippen LogP contribution in [0.3, 0.4) is 0 Å². The fourth-order valence-electron chi connectivity index (χ4n) is 4.41. The van der Waals surface area contributed by atoms with Gasteiger partial charge in [-0.05, 0) is 49.9 Å². The number of aryl methyl sites for hydroxylation is 2. The summed E-state index contributed by atoms with van der Waals surface area (Å²) in [5.41, 5.74) is 6.62. The Morgan fingerprint density at radius 2 is 2.00 bits per heavy atom. The number of nitrogens with one attached hydrogen (secondary N) is 1. The van der Waals surface area contributed by atoms with Crippen molar-refractivity contribution in [2.45, 2.75) is 39.2 Å². The Balaban J connectivity index is 1.45. The van der Waals surface area contributed by atoms with Crippen LogP contribution in [0.25, 0.3) is 11.0 Å². The molecule has 2 aromatic heterocycles. The van der Waals surface area contributed by atoms with Gasteiger partial charge in [0.1, 0.15) is 0 Å². The van der Waals surface area contributed by atoms with Crippen LogP contribution in [0.5, 0.6) is 0 Å². The number of rotatable bonds is 5. The first kappa shape index (κ1) is 20.5. The van der Waals surface area contributed by atoms with Crippen LogP contribution in [-0.2, 0) is 13.6 Å². The lowest BCUT2D eigenvalue weighted by atomic mass is 10.0. The maximum absolute atomic E-state index is 13.4. The maximum Gasteiger partial charge on any atom is 0.256 e. The van der Waals surface area contributed by atoms with E-state index in [1.165, 1.54) is 17.1 Å². The van der Waals surface area contributed by atoms with Crippen molar-refractivity contribution in [2.24, 2.45) is 7.05 Å². The number of pyridine rings is 1. The van der Waals surface area contributed by atoms with Crippen molar-refractivity contribution in [3.63, 3.8) is 0 Å². The van der Waals surface area contributed by atoms with Gasteiger partial charge in [0.25, 0.3) is 5.91 Å². The van der Waals surface area contributed by atoms with E-state index in [1.807, 2.05) is 43.9 Å². The van der Waals surface area contributed by atoms with Crippen molar-refractivity contribution < 1.29 is 4.79 Å². The summed E-state index contributed by atoms with van der Waals surface area (Å²) < 4.78 is 1.79. The SMILES string of the molecule is Cc1c(CN2CCSCC2)cccc1NC(=O)c1cc(C2CC2)nc2c1c(C)nn2C. The van der Waals surface area contributed by atoms with E-state index in [4.69, 9.17) is 4.98 Å². The zero-order valence-corrected chi connectivity index (χ0v) is 19.3. The van der Waals surface area contributed by atoms with E-state index in [0.29, 0.717) is 11.5 Å². The number of benzene rings is 1. The Kier molecular flexibility index (Phi) is 5.48. The Morgan fingerprint density at radius 1 is 1.23 bits per heavy atom. The van der Waals surface area contributed by atoms with Gasteiger partial charge in [-0.1, -0.05) is 12.1 Å². The molecule has 31 heavy (non-hydrogen) atoms. The van der Waals surface area contributed by atoms with Gasteiger partial charge < -0.3 is 5.32 Å². The molecule has 2 fully saturated rings. The van der Waals surface area contributed by atoms with Crippen molar-refractivity contribution >= 4 is 34.4 Å². The van der Waals surface area contributed by atoms with E-state index in [2.05, 4.69) is 28.3 Å². The highest BCUT2D eigenvalue weighted by molar-refractivity contribution is 7.99. The predicted octanol–water partition coefficient (Wildman–Crippen LogP) is 4.26. The van der Waals surface area contributed by atoms with Gasteiger partial charge in [0.05, 0.1) is 16.6 Å². The minimum absolute atomic E-state index is 0.0833.